The molecule has 318 valence electrons. The molecule has 0 aliphatic carbocycles. The van der Waals surface area contributed by atoms with Crippen LogP contribution in [0.5, 0.6) is 11.5 Å². The Balaban J connectivity index is 1.31. The standard InChI is InChI=1S/C45H51N8O7P/c1-30(2)53(31(3)4)61(58-26-12-24-46)60-37-27-40(52-29-48-41-42(52)50-44(51-43(41)54)49-39-15-10-11-25-47-39)59-38(37)28-57-45(32-13-8-7-9-14-32,33-16-20-35(55-5)21-17-33)34-18-22-36(56-6)23-19-34/h7-11,13-23,25,29-31,37-38,40H,12,26-28H2,1-6H3,(H2,47,49,50,51,54)/t37-,38+,40+,61?/m0/s1. The summed E-state index contributed by atoms with van der Waals surface area (Å²) >= 11 is 0. The maximum Gasteiger partial charge on any atom is 0.280 e. The zero-order chi connectivity index (χ0) is 42.9. The van der Waals surface area contributed by atoms with E-state index in [1.807, 2.05) is 84.9 Å². The quantitative estimate of drug-likeness (QED) is 0.0454. The van der Waals surface area contributed by atoms with Crippen molar-refractivity contribution in [1.82, 2.24) is 29.2 Å². The van der Waals surface area contributed by atoms with Crippen LogP contribution < -0.4 is 20.3 Å². The minimum Gasteiger partial charge on any atom is -0.497 e. The van der Waals surface area contributed by atoms with Crippen LogP contribution in [0.3, 0.4) is 0 Å². The zero-order valence-corrected chi connectivity index (χ0v) is 36.0. The first-order valence-corrected chi connectivity index (χ1v) is 21.3. The van der Waals surface area contributed by atoms with E-state index in [2.05, 4.69) is 58.7 Å². The molecule has 1 saturated heterocycles. The molecule has 16 heteroatoms. The summed E-state index contributed by atoms with van der Waals surface area (Å²) in [4.78, 5) is 29.6. The molecule has 4 atom stereocenters. The number of hydrogen-bond acceptors (Lipinski definition) is 13. The lowest BCUT2D eigenvalue weighted by atomic mass is 9.80. The van der Waals surface area contributed by atoms with Crippen LogP contribution in [0, 0.1) is 11.3 Å². The lowest BCUT2D eigenvalue weighted by molar-refractivity contribution is -0.0912. The number of methoxy groups -OCH3 is 2. The first kappa shape index (κ1) is 43.4. The Morgan fingerprint density at radius 2 is 1.56 bits per heavy atom. The van der Waals surface area contributed by atoms with E-state index in [-0.39, 0.29) is 43.2 Å². The normalized spacial score (nSPS) is 17.2. The van der Waals surface area contributed by atoms with E-state index in [0.717, 1.165) is 16.7 Å². The molecule has 3 aromatic heterocycles. The number of fused-ring (bicyclic) bond motifs is 1. The smallest absolute Gasteiger partial charge is 0.280 e. The predicted molar refractivity (Wildman–Crippen MR) is 233 cm³/mol. The van der Waals surface area contributed by atoms with Crippen LogP contribution in [0.4, 0.5) is 11.8 Å². The summed E-state index contributed by atoms with van der Waals surface area (Å²) in [5.74, 6) is 2.13. The second-order valence-corrected chi connectivity index (χ2v) is 16.4. The third kappa shape index (κ3) is 9.61. The Bertz CT molecular complexity index is 2370. The Hall–Kier alpha value is -5.72. The van der Waals surface area contributed by atoms with Gasteiger partial charge in [0.1, 0.15) is 35.2 Å². The van der Waals surface area contributed by atoms with Crippen LogP contribution in [0.1, 0.15) is 63.5 Å². The summed E-state index contributed by atoms with van der Waals surface area (Å²) in [5, 5.41) is 12.5. The van der Waals surface area contributed by atoms with Crippen molar-refractivity contribution in [2.45, 2.75) is 76.7 Å². The number of nitrogens with zero attached hydrogens (tertiary/aromatic N) is 6. The molecule has 1 unspecified atom stereocenters. The summed E-state index contributed by atoms with van der Waals surface area (Å²) in [6.07, 6.45) is 1.84. The van der Waals surface area contributed by atoms with E-state index in [9.17, 15) is 10.1 Å². The summed E-state index contributed by atoms with van der Waals surface area (Å²) < 4.78 is 42.8. The number of H-pyrrole nitrogens is 1. The Morgan fingerprint density at radius 1 is 0.918 bits per heavy atom. The van der Waals surface area contributed by atoms with Crippen molar-refractivity contribution in [3.8, 4) is 17.6 Å². The lowest BCUT2D eigenvalue weighted by Crippen LogP contribution is -2.39. The molecule has 15 nitrogen and oxygen atoms in total. The minimum absolute atomic E-state index is 0.0615. The van der Waals surface area contributed by atoms with Crippen molar-refractivity contribution in [2.24, 2.45) is 0 Å². The molecule has 7 rings (SSSR count). The van der Waals surface area contributed by atoms with Crippen molar-refractivity contribution >= 4 is 31.5 Å². The average molecular weight is 847 g/mol. The van der Waals surface area contributed by atoms with Crippen LogP contribution in [0.25, 0.3) is 11.2 Å². The molecule has 0 radical (unpaired) electrons. The number of ether oxygens (including phenoxy) is 4. The molecule has 6 aromatic rings. The van der Waals surface area contributed by atoms with Gasteiger partial charge in [0.05, 0.1) is 52.4 Å². The molecule has 4 heterocycles. The predicted octanol–water partition coefficient (Wildman–Crippen LogP) is 8.23. The van der Waals surface area contributed by atoms with E-state index >= 15 is 0 Å². The Morgan fingerprint density at radius 3 is 2.15 bits per heavy atom. The van der Waals surface area contributed by atoms with Gasteiger partial charge in [-0.25, -0.2) is 14.6 Å². The van der Waals surface area contributed by atoms with Crippen molar-refractivity contribution in [2.75, 3.05) is 32.8 Å². The first-order valence-electron chi connectivity index (χ1n) is 20.2. The highest BCUT2D eigenvalue weighted by Crippen LogP contribution is 2.51. The number of hydrogen-bond donors (Lipinski definition) is 2. The third-order valence-electron chi connectivity index (χ3n) is 10.4. The van der Waals surface area contributed by atoms with Crippen molar-refractivity contribution in [3.63, 3.8) is 0 Å². The van der Waals surface area contributed by atoms with Gasteiger partial charge in [0.2, 0.25) is 5.95 Å². The number of benzene rings is 3. The largest absolute Gasteiger partial charge is 0.497 e. The van der Waals surface area contributed by atoms with Crippen molar-refractivity contribution < 1.29 is 28.0 Å². The maximum atomic E-state index is 13.3. The summed E-state index contributed by atoms with van der Waals surface area (Å²) in [6, 6.07) is 33.5. The number of imidazole rings is 1. The van der Waals surface area contributed by atoms with Crippen LogP contribution in [0.15, 0.2) is 114 Å². The van der Waals surface area contributed by atoms with Gasteiger partial charge in [0, 0.05) is 24.7 Å². The van der Waals surface area contributed by atoms with Crippen LogP contribution in [-0.2, 0) is 24.1 Å². The summed E-state index contributed by atoms with van der Waals surface area (Å²) in [5.41, 5.74) is 1.54. The van der Waals surface area contributed by atoms with Gasteiger partial charge in [-0.1, -0.05) is 60.7 Å². The molecule has 1 aliphatic rings. The second kappa shape index (κ2) is 19.8. The molecule has 3 aromatic carbocycles. The van der Waals surface area contributed by atoms with Crippen molar-refractivity contribution in [3.05, 3.63) is 137 Å². The maximum absolute atomic E-state index is 13.3. The van der Waals surface area contributed by atoms with E-state index in [1.165, 1.54) is 0 Å². The van der Waals surface area contributed by atoms with Crippen LogP contribution in [0.2, 0.25) is 0 Å². The number of rotatable bonds is 19. The molecule has 0 saturated carbocycles. The SMILES string of the molecule is COc1ccc(C(OC[C@H]2O[C@@H](n3cnc4c(=O)[nH]c(Nc5ccccn5)nc43)C[C@@H]2OP(OCCC#N)N(C(C)C)C(C)C)(c2ccccc2)c2ccc(OC)cc2)cc1. The van der Waals surface area contributed by atoms with Crippen LogP contribution >= 0.6 is 8.53 Å². The topological polar surface area (TPSA) is 171 Å². The number of aromatic amines is 1. The van der Waals surface area contributed by atoms with Crippen LogP contribution in [-0.4, -0.2) is 80.9 Å². The number of nitrogens with one attached hydrogen (secondary N) is 2. The molecular weight excluding hydrogens is 796 g/mol. The summed E-state index contributed by atoms with van der Waals surface area (Å²) in [7, 11) is 1.60. The lowest BCUT2D eigenvalue weighted by Gasteiger charge is -2.39. The highest BCUT2D eigenvalue weighted by atomic mass is 31.2. The van der Waals surface area contributed by atoms with Gasteiger partial charge in [-0.15, -0.1) is 0 Å². The average Bonchev–Trinajstić information content (AvgIpc) is 3.89. The van der Waals surface area contributed by atoms with Crippen molar-refractivity contribution in [1.29, 1.82) is 5.26 Å². The minimum atomic E-state index is -1.68. The Labute approximate surface area is 356 Å². The van der Waals surface area contributed by atoms with Gasteiger partial charge in [-0.3, -0.25) is 14.3 Å². The Kier molecular flexibility index (Phi) is 14.1. The number of aromatic nitrogens is 5. The highest BCUT2D eigenvalue weighted by Gasteiger charge is 2.45. The van der Waals surface area contributed by atoms with Gasteiger partial charge >= 0.3 is 0 Å². The zero-order valence-electron chi connectivity index (χ0n) is 35.1. The molecule has 0 amide bonds. The third-order valence-corrected chi connectivity index (χ3v) is 12.5. The molecule has 1 fully saturated rings. The summed E-state index contributed by atoms with van der Waals surface area (Å²) in [6.45, 7) is 8.64. The number of anilines is 2. The van der Waals surface area contributed by atoms with Gasteiger partial charge in [-0.05, 0) is 80.8 Å². The molecule has 0 bridgehead atoms. The van der Waals surface area contributed by atoms with E-state index in [1.54, 1.807) is 43.4 Å². The van der Waals surface area contributed by atoms with E-state index < -0.39 is 38.1 Å². The number of pyridine rings is 1. The fourth-order valence-corrected chi connectivity index (χ4v) is 9.34. The van der Waals surface area contributed by atoms with E-state index in [0.29, 0.717) is 29.4 Å². The molecular formula is C45H51N8O7P. The second-order valence-electron chi connectivity index (χ2n) is 14.9. The highest BCUT2D eigenvalue weighted by molar-refractivity contribution is 7.44. The van der Waals surface area contributed by atoms with Gasteiger partial charge in [0.25, 0.3) is 14.1 Å². The number of nitriles is 1. The fourth-order valence-electron chi connectivity index (χ4n) is 7.58. The van der Waals surface area contributed by atoms with Gasteiger partial charge in [0.15, 0.2) is 11.2 Å². The fraction of sp³-hybridized carbons (Fsp3) is 0.356. The molecule has 61 heavy (non-hydrogen) atoms. The molecule has 0 spiro atoms. The molecule has 1 aliphatic heterocycles. The van der Waals surface area contributed by atoms with Gasteiger partial charge in [-0.2, -0.15) is 10.2 Å². The molecule has 2 N–H and O–H groups in total. The van der Waals surface area contributed by atoms with E-state index in [4.69, 9.17) is 33.0 Å². The monoisotopic (exact) mass is 846 g/mol. The van der Waals surface area contributed by atoms with Gasteiger partial charge < -0.3 is 33.3 Å². The first-order chi connectivity index (χ1) is 29.6.